The topological polar surface area (TPSA) is 127 Å². The Morgan fingerprint density at radius 3 is 2.25 bits per heavy atom. The van der Waals surface area contributed by atoms with Crippen LogP contribution >= 0.6 is 0 Å². The Hall–Kier alpha value is -3.61. The number of hydrogen-bond donors (Lipinski definition) is 5. The van der Waals surface area contributed by atoms with Gasteiger partial charge in [-0.15, -0.1) is 0 Å². The van der Waals surface area contributed by atoms with E-state index in [1.165, 1.54) is 5.57 Å². The van der Waals surface area contributed by atoms with Gasteiger partial charge >= 0.3 is 0 Å². The molecule has 1 atom stereocenters. The van der Waals surface area contributed by atoms with Gasteiger partial charge < -0.3 is 30.3 Å². The van der Waals surface area contributed by atoms with Crippen LogP contribution < -0.4 is 4.74 Å². The number of phenolic OH excluding ortho intramolecular Hbond substituents is 5. The van der Waals surface area contributed by atoms with E-state index in [0.29, 0.717) is 5.56 Å². The van der Waals surface area contributed by atoms with E-state index in [1.807, 2.05) is 26.8 Å². The Balaban J connectivity index is 1.98. The fourth-order valence-corrected chi connectivity index (χ4v) is 3.79. The number of carbonyl (C=O) groups excluding carboxylic acids is 1. The minimum Gasteiger partial charge on any atom is -0.508 e. The van der Waals surface area contributed by atoms with Gasteiger partial charge in [-0.3, -0.25) is 4.79 Å². The van der Waals surface area contributed by atoms with Crippen LogP contribution in [0.4, 0.5) is 0 Å². The van der Waals surface area contributed by atoms with Crippen LogP contribution in [0, 0.1) is 0 Å². The largest absolute Gasteiger partial charge is 0.508 e. The molecule has 1 aliphatic heterocycles. The molecule has 0 saturated heterocycles. The molecule has 3 rings (SSSR count). The number of Topliss-reactive ketones (excluding diaryl/α,β-unsaturated/α-hetero) is 1. The zero-order valence-corrected chi connectivity index (χ0v) is 18.3. The number of hydrogen-bond acceptors (Lipinski definition) is 7. The van der Waals surface area contributed by atoms with Crippen molar-refractivity contribution in [3.05, 3.63) is 58.2 Å². The van der Waals surface area contributed by atoms with Gasteiger partial charge in [-0.05, 0) is 40.0 Å². The van der Waals surface area contributed by atoms with Gasteiger partial charge in [-0.25, -0.2) is 0 Å². The molecule has 1 unspecified atom stereocenters. The molecule has 170 valence electrons. The molecule has 0 radical (unpaired) electrons. The van der Waals surface area contributed by atoms with Crippen molar-refractivity contribution in [3.63, 3.8) is 0 Å². The summed E-state index contributed by atoms with van der Waals surface area (Å²) in [7, 11) is 0. The van der Waals surface area contributed by atoms with Crippen molar-refractivity contribution in [2.75, 3.05) is 0 Å². The Labute approximate surface area is 186 Å². The normalized spacial score (nSPS) is 15.8. The third-order valence-corrected chi connectivity index (χ3v) is 5.44. The molecule has 0 amide bonds. The number of fused-ring (bicyclic) bond motifs is 1. The molecule has 0 bridgehead atoms. The molecule has 2 aromatic carbocycles. The number of ether oxygens (including phenoxy) is 1. The Morgan fingerprint density at radius 2 is 1.62 bits per heavy atom. The predicted octanol–water partition coefficient (Wildman–Crippen LogP) is 5.16. The first-order valence-corrected chi connectivity index (χ1v) is 10.4. The summed E-state index contributed by atoms with van der Waals surface area (Å²) < 4.78 is 5.95. The zero-order chi connectivity index (χ0) is 23.6. The summed E-state index contributed by atoms with van der Waals surface area (Å²) in [6.45, 7) is 6.05. The first-order chi connectivity index (χ1) is 15.1. The maximum atomic E-state index is 12.8. The van der Waals surface area contributed by atoms with E-state index in [0.717, 1.165) is 36.6 Å². The lowest BCUT2D eigenvalue weighted by Gasteiger charge is -2.29. The lowest BCUT2D eigenvalue weighted by Crippen LogP contribution is -2.22. The molecule has 7 heteroatoms. The van der Waals surface area contributed by atoms with Crippen molar-refractivity contribution in [1.29, 1.82) is 0 Å². The molecular weight excluding hydrogens is 412 g/mol. The van der Waals surface area contributed by atoms with Gasteiger partial charge in [-0.1, -0.05) is 23.3 Å². The number of ketones is 1. The lowest BCUT2D eigenvalue weighted by molar-refractivity contribution is 0.0836. The summed E-state index contributed by atoms with van der Waals surface area (Å²) in [5.74, 6) is -2.24. The van der Waals surface area contributed by atoms with Crippen LogP contribution in [0.25, 0.3) is 0 Å². The highest BCUT2D eigenvalue weighted by Crippen LogP contribution is 2.48. The number of benzene rings is 2. The molecule has 0 aromatic heterocycles. The quantitative estimate of drug-likeness (QED) is 0.393. The molecule has 5 N–H and O–H groups in total. The lowest BCUT2D eigenvalue weighted by atomic mass is 9.91. The summed E-state index contributed by atoms with van der Waals surface area (Å²) in [5, 5.41) is 50.7. The van der Waals surface area contributed by atoms with E-state index in [9.17, 15) is 30.3 Å². The van der Waals surface area contributed by atoms with Gasteiger partial charge in [0.1, 0.15) is 46.2 Å². The van der Waals surface area contributed by atoms with Crippen molar-refractivity contribution in [2.45, 2.75) is 52.6 Å². The Morgan fingerprint density at radius 1 is 0.969 bits per heavy atom. The second kappa shape index (κ2) is 9.26. The van der Waals surface area contributed by atoms with Crippen LogP contribution in [0.2, 0.25) is 0 Å². The molecule has 2 aromatic rings. The molecule has 0 aliphatic carbocycles. The van der Waals surface area contributed by atoms with Crippen molar-refractivity contribution in [3.8, 4) is 34.5 Å². The van der Waals surface area contributed by atoms with Crippen LogP contribution in [-0.4, -0.2) is 31.3 Å². The summed E-state index contributed by atoms with van der Waals surface area (Å²) in [4.78, 5) is 12.8. The first-order valence-electron chi connectivity index (χ1n) is 10.4. The molecule has 0 saturated carbocycles. The minimum atomic E-state index is -1.06. The van der Waals surface area contributed by atoms with E-state index < -0.39 is 29.1 Å². The van der Waals surface area contributed by atoms with Crippen LogP contribution in [0.5, 0.6) is 34.5 Å². The van der Waals surface area contributed by atoms with Gasteiger partial charge in [0.25, 0.3) is 0 Å². The van der Waals surface area contributed by atoms with Crippen molar-refractivity contribution < 1.29 is 35.1 Å². The highest BCUT2D eigenvalue weighted by molar-refractivity contribution is 6.03. The first kappa shape index (κ1) is 23.1. The standard InChI is InChI=1S/C25H28O7/c1-13(2)5-4-6-14(3)7-8-16-17(27)11-20(30)24-21(31)12-22(32-25(16)24)23-18(28)9-15(26)10-19(23)29/h5,7,9-11,22,26-30H,4,6,8,12H2,1-3H3. The number of carbonyl (C=O) groups is 1. The fourth-order valence-electron chi connectivity index (χ4n) is 3.79. The summed E-state index contributed by atoms with van der Waals surface area (Å²) in [5.41, 5.74) is 2.57. The van der Waals surface area contributed by atoms with Crippen molar-refractivity contribution in [2.24, 2.45) is 0 Å². The maximum absolute atomic E-state index is 12.8. The fraction of sp³-hybridized carbons (Fsp3) is 0.320. The second-order valence-electron chi connectivity index (χ2n) is 8.30. The molecule has 32 heavy (non-hydrogen) atoms. The van der Waals surface area contributed by atoms with E-state index in [2.05, 4.69) is 6.08 Å². The molecule has 0 spiro atoms. The van der Waals surface area contributed by atoms with Crippen LogP contribution in [0.1, 0.15) is 67.6 Å². The number of phenols is 5. The van der Waals surface area contributed by atoms with Gasteiger partial charge in [0.15, 0.2) is 5.78 Å². The van der Waals surface area contributed by atoms with Crippen molar-refractivity contribution in [1.82, 2.24) is 0 Å². The van der Waals surface area contributed by atoms with E-state index in [-0.39, 0.29) is 41.2 Å². The molecule has 1 aliphatic rings. The average molecular weight is 440 g/mol. The Kier molecular flexibility index (Phi) is 6.67. The van der Waals surface area contributed by atoms with Crippen LogP contribution in [0.3, 0.4) is 0 Å². The average Bonchev–Trinajstić information content (AvgIpc) is 2.66. The van der Waals surface area contributed by atoms with E-state index in [4.69, 9.17) is 4.74 Å². The number of rotatable bonds is 6. The summed E-state index contributed by atoms with van der Waals surface area (Å²) in [6.07, 6.45) is 4.76. The smallest absolute Gasteiger partial charge is 0.174 e. The maximum Gasteiger partial charge on any atom is 0.174 e. The molecule has 1 heterocycles. The summed E-state index contributed by atoms with van der Waals surface area (Å²) >= 11 is 0. The highest BCUT2D eigenvalue weighted by Gasteiger charge is 2.35. The molecule has 7 nitrogen and oxygen atoms in total. The summed E-state index contributed by atoms with van der Waals surface area (Å²) in [6, 6.07) is 3.20. The Bertz CT molecular complexity index is 1080. The highest BCUT2D eigenvalue weighted by atomic mass is 16.5. The van der Waals surface area contributed by atoms with Gasteiger partial charge in [0.2, 0.25) is 0 Å². The van der Waals surface area contributed by atoms with Gasteiger partial charge in [0.05, 0.1) is 12.0 Å². The number of allylic oxidation sites excluding steroid dienone is 4. The molecular formula is C25H28O7. The minimum absolute atomic E-state index is 0.0176. The van der Waals surface area contributed by atoms with Gasteiger partial charge in [0, 0.05) is 23.8 Å². The monoisotopic (exact) mass is 440 g/mol. The van der Waals surface area contributed by atoms with Gasteiger partial charge in [-0.2, -0.15) is 0 Å². The number of aromatic hydroxyl groups is 5. The zero-order valence-electron chi connectivity index (χ0n) is 18.3. The SMILES string of the molecule is CC(C)=CCCC(C)=CCc1c(O)cc(O)c2c1OC(c1c(O)cc(O)cc1O)CC2=O. The van der Waals surface area contributed by atoms with Crippen molar-refractivity contribution >= 4 is 5.78 Å². The van der Waals surface area contributed by atoms with Crippen LogP contribution in [-0.2, 0) is 6.42 Å². The van der Waals surface area contributed by atoms with Crippen LogP contribution in [0.15, 0.2) is 41.5 Å². The second-order valence-corrected chi connectivity index (χ2v) is 8.30. The van der Waals surface area contributed by atoms with E-state index >= 15 is 0 Å². The predicted molar refractivity (Wildman–Crippen MR) is 120 cm³/mol. The van der Waals surface area contributed by atoms with E-state index in [1.54, 1.807) is 0 Å². The third-order valence-electron chi connectivity index (χ3n) is 5.44. The third kappa shape index (κ3) is 4.82. The molecule has 0 fully saturated rings.